The van der Waals surface area contributed by atoms with E-state index in [1.54, 1.807) is 6.26 Å². The summed E-state index contributed by atoms with van der Waals surface area (Å²) in [6.45, 7) is 1.10. The molecule has 2 aromatic rings. The molecule has 0 saturated heterocycles. The van der Waals surface area contributed by atoms with Crippen LogP contribution < -0.4 is 10.6 Å². The monoisotopic (exact) mass is 244 g/mol. The second-order valence-corrected chi connectivity index (χ2v) is 3.92. The van der Waals surface area contributed by atoms with Gasteiger partial charge in [0.05, 0.1) is 6.26 Å². The Balaban J connectivity index is 1.63. The fraction of sp³-hybridized carbons (Fsp3) is 0.214. The number of carbonyl (C=O) groups is 1. The minimum atomic E-state index is -0.162. The van der Waals surface area contributed by atoms with E-state index in [1.165, 1.54) is 0 Å². The van der Waals surface area contributed by atoms with Gasteiger partial charge in [-0.1, -0.05) is 30.3 Å². The molecule has 0 aliphatic heterocycles. The SMILES string of the molecule is O=C(NCCc1ccco1)NCc1ccccc1. The summed E-state index contributed by atoms with van der Waals surface area (Å²) in [6, 6.07) is 13.4. The Bertz CT molecular complexity index is 466. The van der Waals surface area contributed by atoms with Crippen molar-refractivity contribution in [1.82, 2.24) is 10.6 Å². The molecule has 0 saturated carbocycles. The van der Waals surface area contributed by atoms with Gasteiger partial charge in [0, 0.05) is 19.5 Å². The smallest absolute Gasteiger partial charge is 0.315 e. The zero-order chi connectivity index (χ0) is 12.6. The first-order valence-corrected chi connectivity index (χ1v) is 5.92. The van der Waals surface area contributed by atoms with Gasteiger partial charge in [-0.2, -0.15) is 0 Å². The Labute approximate surface area is 106 Å². The Hall–Kier alpha value is -2.23. The Morgan fingerprint density at radius 2 is 1.89 bits per heavy atom. The lowest BCUT2D eigenvalue weighted by molar-refractivity contribution is 0.240. The molecule has 1 aromatic heterocycles. The maximum Gasteiger partial charge on any atom is 0.315 e. The fourth-order valence-corrected chi connectivity index (χ4v) is 1.59. The summed E-state index contributed by atoms with van der Waals surface area (Å²) < 4.78 is 5.17. The number of benzene rings is 1. The van der Waals surface area contributed by atoms with Crippen molar-refractivity contribution in [3.8, 4) is 0 Å². The van der Waals surface area contributed by atoms with Crippen molar-refractivity contribution < 1.29 is 9.21 Å². The first-order valence-electron chi connectivity index (χ1n) is 5.92. The Kier molecular flexibility index (Phi) is 4.41. The molecule has 2 amide bonds. The molecule has 4 heteroatoms. The number of urea groups is 1. The van der Waals surface area contributed by atoms with Crippen LogP contribution in [0.15, 0.2) is 53.1 Å². The second kappa shape index (κ2) is 6.49. The molecule has 4 nitrogen and oxygen atoms in total. The minimum absolute atomic E-state index is 0.162. The van der Waals surface area contributed by atoms with Crippen molar-refractivity contribution in [3.05, 3.63) is 60.1 Å². The zero-order valence-electron chi connectivity index (χ0n) is 10.1. The molecule has 0 bridgehead atoms. The summed E-state index contributed by atoms with van der Waals surface area (Å²) >= 11 is 0. The lowest BCUT2D eigenvalue weighted by Crippen LogP contribution is -2.36. The predicted molar refractivity (Wildman–Crippen MR) is 69.1 cm³/mol. The van der Waals surface area contributed by atoms with Crippen LogP contribution in [0.25, 0.3) is 0 Å². The van der Waals surface area contributed by atoms with Crippen molar-refractivity contribution in [1.29, 1.82) is 0 Å². The number of hydrogen-bond donors (Lipinski definition) is 2. The molecule has 0 aliphatic rings. The molecule has 1 aromatic carbocycles. The molecule has 0 aliphatic carbocycles. The summed E-state index contributed by atoms with van der Waals surface area (Å²) in [5, 5.41) is 5.58. The van der Waals surface area contributed by atoms with Crippen LogP contribution in [0.4, 0.5) is 4.79 Å². The molecule has 94 valence electrons. The molecule has 0 fully saturated rings. The highest BCUT2D eigenvalue weighted by atomic mass is 16.3. The molecule has 18 heavy (non-hydrogen) atoms. The molecule has 0 radical (unpaired) electrons. The molecule has 1 heterocycles. The molecular weight excluding hydrogens is 228 g/mol. The Morgan fingerprint density at radius 1 is 1.06 bits per heavy atom. The van der Waals surface area contributed by atoms with Gasteiger partial charge in [0.25, 0.3) is 0 Å². The summed E-state index contributed by atoms with van der Waals surface area (Å²) in [7, 11) is 0. The van der Waals surface area contributed by atoms with Crippen molar-refractivity contribution in [2.24, 2.45) is 0 Å². The third-order valence-corrected chi connectivity index (χ3v) is 2.53. The maximum absolute atomic E-state index is 11.5. The maximum atomic E-state index is 11.5. The normalized spacial score (nSPS) is 10.0. The van der Waals surface area contributed by atoms with Crippen LogP contribution in [-0.4, -0.2) is 12.6 Å². The third kappa shape index (κ3) is 3.97. The van der Waals surface area contributed by atoms with E-state index in [-0.39, 0.29) is 6.03 Å². The van der Waals surface area contributed by atoms with Crippen molar-refractivity contribution in [2.45, 2.75) is 13.0 Å². The van der Waals surface area contributed by atoms with Gasteiger partial charge in [-0.3, -0.25) is 0 Å². The molecule has 0 unspecified atom stereocenters. The van der Waals surface area contributed by atoms with Crippen molar-refractivity contribution >= 4 is 6.03 Å². The van der Waals surface area contributed by atoms with Gasteiger partial charge in [-0.05, 0) is 17.7 Å². The molecule has 0 atom stereocenters. The standard InChI is InChI=1S/C14H16N2O2/c17-14(15-9-8-13-7-4-10-18-13)16-11-12-5-2-1-3-6-12/h1-7,10H,8-9,11H2,(H2,15,16,17). The van der Waals surface area contributed by atoms with Gasteiger partial charge in [-0.15, -0.1) is 0 Å². The van der Waals surface area contributed by atoms with E-state index in [4.69, 9.17) is 4.42 Å². The van der Waals surface area contributed by atoms with Crippen LogP contribution in [-0.2, 0) is 13.0 Å². The van der Waals surface area contributed by atoms with Gasteiger partial charge < -0.3 is 15.1 Å². The largest absolute Gasteiger partial charge is 0.469 e. The van der Waals surface area contributed by atoms with Crippen molar-refractivity contribution in [3.63, 3.8) is 0 Å². The molecule has 2 N–H and O–H groups in total. The van der Waals surface area contributed by atoms with E-state index in [2.05, 4.69) is 10.6 Å². The van der Waals surface area contributed by atoms with E-state index < -0.39 is 0 Å². The molecular formula is C14H16N2O2. The topological polar surface area (TPSA) is 54.3 Å². The average Bonchev–Trinajstić information content (AvgIpc) is 2.91. The van der Waals surface area contributed by atoms with Crippen LogP contribution in [0.2, 0.25) is 0 Å². The first-order chi connectivity index (χ1) is 8.84. The number of rotatable bonds is 5. The van der Waals surface area contributed by atoms with Crippen LogP contribution in [0.1, 0.15) is 11.3 Å². The number of amides is 2. The van der Waals surface area contributed by atoms with Crippen molar-refractivity contribution in [2.75, 3.05) is 6.54 Å². The number of nitrogens with one attached hydrogen (secondary N) is 2. The van der Waals surface area contributed by atoms with Crippen LogP contribution >= 0.6 is 0 Å². The first kappa shape index (κ1) is 12.2. The van der Waals surface area contributed by atoms with Gasteiger partial charge in [0.15, 0.2) is 0 Å². The fourth-order valence-electron chi connectivity index (χ4n) is 1.59. The highest BCUT2D eigenvalue weighted by Crippen LogP contribution is 1.99. The third-order valence-electron chi connectivity index (χ3n) is 2.53. The van der Waals surface area contributed by atoms with Gasteiger partial charge >= 0.3 is 6.03 Å². The van der Waals surface area contributed by atoms with E-state index in [0.717, 1.165) is 11.3 Å². The second-order valence-electron chi connectivity index (χ2n) is 3.92. The predicted octanol–water partition coefficient (Wildman–Crippen LogP) is 2.32. The van der Waals surface area contributed by atoms with E-state index in [9.17, 15) is 4.79 Å². The highest BCUT2D eigenvalue weighted by molar-refractivity contribution is 5.73. The lowest BCUT2D eigenvalue weighted by atomic mass is 10.2. The van der Waals surface area contributed by atoms with E-state index in [0.29, 0.717) is 19.5 Å². The molecule has 0 spiro atoms. The van der Waals surface area contributed by atoms with Crippen LogP contribution in [0, 0.1) is 0 Å². The van der Waals surface area contributed by atoms with E-state index in [1.807, 2.05) is 42.5 Å². The summed E-state index contributed by atoms with van der Waals surface area (Å²) in [6.07, 6.45) is 2.33. The summed E-state index contributed by atoms with van der Waals surface area (Å²) in [4.78, 5) is 11.5. The Morgan fingerprint density at radius 3 is 2.61 bits per heavy atom. The summed E-state index contributed by atoms with van der Waals surface area (Å²) in [5.74, 6) is 0.873. The van der Waals surface area contributed by atoms with Crippen LogP contribution in [0.5, 0.6) is 0 Å². The number of carbonyl (C=O) groups excluding carboxylic acids is 1. The zero-order valence-corrected chi connectivity index (χ0v) is 10.1. The summed E-state index contributed by atoms with van der Waals surface area (Å²) in [5.41, 5.74) is 1.08. The van der Waals surface area contributed by atoms with E-state index >= 15 is 0 Å². The van der Waals surface area contributed by atoms with Crippen LogP contribution in [0.3, 0.4) is 0 Å². The van der Waals surface area contributed by atoms with Gasteiger partial charge in [0.1, 0.15) is 5.76 Å². The average molecular weight is 244 g/mol. The lowest BCUT2D eigenvalue weighted by Gasteiger charge is -2.06. The molecule has 2 rings (SSSR count). The number of hydrogen-bond acceptors (Lipinski definition) is 2. The highest BCUT2D eigenvalue weighted by Gasteiger charge is 2.00. The van der Waals surface area contributed by atoms with Gasteiger partial charge in [-0.25, -0.2) is 4.79 Å². The van der Waals surface area contributed by atoms with Gasteiger partial charge in [0.2, 0.25) is 0 Å². The number of furan rings is 1. The minimum Gasteiger partial charge on any atom is -0.469 e. The quantitative estimate of drug-likeness (QED) is 0.848.